The maximum atomic E-state index is 15.6. The summed E-state index contributed by atoms with van der Waals surface area (Å²) in [7, 11) is 1.55. The molecular weight excluding hydrogens is 815 g/mol. The number of carbonyl (C=O) groups excluding carboxylic acids is 4. The molecule has 10 rings (SSSR count). The highest BCUT2D eigenvalue weighted by Gasteiger charge is 2.71. The SMILES string of the molecule is COc1ccc(C23C(=O)N(Nc4ccc(Cl)cc4Cl)C(=O)C2CC2C(=CCC4C(=O)N(c5ccc(Nc6ccccc6)cc5)C(=O)C42)C3C2=COc3ccc(O)cc3C2)cc1. The van der Waals surface area contributed by atoms with Crippen LogP contribution in [0.4, 0.5) is 22.7 Å². The van der Waals surface area contributed by atoms with Crippen molar-refractivity contribution in [3.8, 4) is 17.2 Å². The molecule has 3 aliphatic heterocycles. The van der Waals surface area contributed by atoms with Crippen LogP contribution in [0.1, 0.15) is 24.0 Å². The molecule has 5 aliphatic rings. The summed E-state index contributed by atoms with van der Waals surface area (Å²) in [5.41, 5.74) is 6.63. The van der Waals surface area contributed by atoms with Gasteiger partial charge in [0.25, 0.3) is 11.8 Å². The fourth-order valence-corrected chi connectivity index (χ4v) is 10.7. The molecule has 61 heavy (non-hydrogen) atoms. The number of benzene rings is 5. The summed E-state index contributed by atoms with van der Waals surface area (Å²) in [6.45, 7) is 0. The first-order valence-corrected chi connectivity index (χ1v) is 20.7. The molecule has 5 aromatic carbocycles. The number of nitrogens with one attached hydrogen (secondary N) is 2. The van der Waals surface area contributed by atoms with Crippen LogP contribution in [0.2, 0.25) is 10.0 Å². The lowest BCUT2D eigenvalue weighted by Gasteiger charge is -2.51. The topological polar surface area (TPSA) is 138 Å². The summed E-state index contributed by atoms with van der Waals surface area (Å²) in [6.07, 6.45) is 4.26. The molecule has 0 aromatic heterocycles. The Bertz CT molecular complexity index is 2710. The average Bonchev–Trinajstić information content (AvgIpc) is 3.65. The Hall–Kier alpha value is -6.56. The standard InChI is InChI=1S/C48H38Cl2N4O7/c1-60-34-15-7-28(8-16-34)48-38(45(57)54(47(48)59)52-40-19-9-29(49)23-39(40)50)24-37-35(43(48)27-21-26-22-33(55)14-20-41(26)61-25-27)17-18-36-42(37)46(58)53(44(36)56)32-12-10-31(11-13-32)51-30-5-3-2-4-6-30/h2-17,19-20,22-23,25,36-38,42-43,51-52,55H,18,21,24H2,1H3. The van der Waals surface area contributed by atoms with Crippen LogP contribution in [0.25, 0.3) is 0 Å². The number of aromatic hydroxyl groups is 1. The zero-order chi connectivity index (χ0) is 42.2. The molecule has 4 amide bonds. The number of allylic oxidation sites excluding steroid dienone is 3. The Morgan fingerprint density at radius 3 is 2.31 bits per heavy atom. The van der Waals surface area contributed by atoms with Crippen LogP contribution in [0.5, 0.6) is 17.2 Å². The molecule has 11 nitrogen and oxygen atoms in total. The van der Waals surface area contributed by atoms with Crippen LogP contribution in [-0.4, -0.2) is 40.9 Å². The molecule has 0 bridgehead atoms. The van der Waals surface area contributed by atoms with E-state index in [-0.39, 0.29) is 41.8 Å². The number of para-hydroxylation sites is 1. The van der Waals surface area contributed by atoms with Gasteiger partial charge in [0.15, 0.2) is 0 Å². The number of amides is 4. The summed E-state index contributed by atoms with van der Waals surface area (Å²) in [5.74, 6) is -4.43. The van der Waals surface area contributed by atoms with Crippen molar-refractivity contribution in [1.82, 2.24) is 5.01 Å². The molecule has 6 unspecified atom stereocenters. The van der Waals surface area contributed by atoms with E-state index in [2.05, 4.69) is 10.7 Å². The quantitative estimate of drug-likeness (QED) is 0.103. The molecule has 0 spiro atoms. The highest BCUT2D eigenvalue weighted by atomic mass is 35.5. The van der Waals surface area contributed by atoms with Gasteiger partial charge in [0.2, 0.25) is 11.8 Å². The Morgan fingerprint density at radius 1 is 0.820 bits per heavy atom. The Kier molecular flexibility index (Phi) is 9.41. The van der Waals surface area contributed by atoms with Crippen molar-refractivity contribution < 1.29 is 33.8 Å². The zero-order valence-corrected chi connectivity index (χ0v) is 34.2. The molecular formula is C48H38Cl2N4O7. The van der Waals surface area contributed by atoms with Gasteiger partial charge in [-0.2, -0.15) is 5.01 Å². The molecule has 306 valence electrons. The number of carbonyl (C=O) groups is 4. The maximum Gasteiger partial charge on any atom is 0.260 e. The van der Waals surface area contributed by atoms with Gasteiger partial charge < -0.3 is 19.9 Å². The number of halogens is 2. The number of phenols is 1. The third-order valence-corrected chi connectivity index (χ3v) is 13.5. The number of fused-ring (bicyclic) bond motifs is 5. The Balaban J connectivity index is 1.09. The van der Waals surface area contributed by atoms with Crippen LogP contribution in [-0.2, 0) is 31.0 Å². The first-order valence-electron chi connectivity index (χ1n) is 20.0. The number of methoxy groups -OCH3 is 1. The van der Waals surface area contributed by atoms with E-state index in [1.54, 1.807) is 68.0 Å². The lowest BCUT2D eigenvalue weighted by molar-refractivity contribution is -0.139. The molecule has 6 atom stereocenters. The predicted octanol–water partition coefficient (Wildman–Crippen LogP) is 8.99. The van der Waals surface area contributed by atoms with E-state index in [1.165, 1.54) is 11.0 Å². The second-order valence-electron chi connectivity index (χ2n) is 16.0. The monoisotopic (exact) mass is 852 g/mol. The number of hydrogen-bond donors (Lipinski definition) is 3. The van der Waals surface area contributed by atoms with Crippen LogP contribution < -0.4 is 25.1 Å². The second-order valence-corrected chi connectivity index (χ2v) is 16.9. The number of phenolic OH excluding ortho intramolecular Hbond substituents is 1. The zero-order valence-electron chi connectivity index (χ0n) is 32.7. The van der Waals surface area contributed by atoms with Gasteiger partial charge in [-0.3, -0.25) is 29.5 Å². The number of ether oxygens (including phenoxy) is 2. The highest BCUT2D eigenvalue weighted by molar-refractivity contribution is 6.36. The number of imide groups is 2. The Morgan fingerprint density at radius 2 is 1.57 bits per heavy atom. The van der Waals surface area contributed by atoms with Gasteiger partial charge in [0.1, 0.15) is 17.2 Å². The third kappa shape index (κ3) is 6.17. The number of anilines is 4. The molecule has 3 heterocycles. The molecule has 1 saturated carbocycles. The van der Waals surface area contributed by atoms with Crippen molar-refractivity contribution in [3.05, 3.63) is 160 Å². The van der Waals surface area contributed by atoms with Crippen molar-refractivity contribution in [1.29, 1.82) is 0 Å². The van der Waals surface area contributed by atoms with Gasteiger partial charge in [-0.15, -0.1) is 0 Å². The minimum absolute atomic E-state index is 0.0500. The summed E-state index contributed by atoms with van der Waals surface area (Å²) >= 11 is 12.8. The Labute approximate surface area is 361 Å². The van der Waals surface area contributed by atoms with Crippen molar-refractivity contribution in [3.63, 3.8) is 0 Å². The summed E-state index contributed by atoms with van der Waals surface area (Å²) < 4.78 is 11.8. The molecule has 5 aromatic rings. The van der Waals surface area contributed by atoms with E-state index >= 15 is 9.59 Å². The smallest absolute Gasteiger partial charge is 0.260 e. The third-order valence-electron chi connectivity index (χ3n) is 12.9. The van der Waals surface area contributed by atoms with Gasteiger partial charge >= 0.3 is 0 Å². The van der Waals surface area contributed by atoms with Crippen LogP contribution in [0.15, 0.2) is 139 Å². The van der Waals surface area contributed by atoms with Gasteiger partial charge in [-0.1, -0.05) is 65.2 Å². The summed E-state index contributed by atoms with van der Waals surface area (Å²) in [6, 6.07) is 33.6. The van der Waals surface area contributed by atoms with Crippen molar-refractivity contribution in [2.75, 3.05) is 22.8 Å². The number of hydrogen-bond acceptors (Lipinski definition) is 9. The second kappa shape index (κ2) is 14.9. The summed E-state index contributed by atoms with van der Waals surface area (Å²) in [5, 5.41) is 15.5. The highest BCUT2D eigenvalue weighted by Crippen LogP contribution is 2.63. The van der Waals surface area contributed by atoms with Gasteiger partial charge in [-0.05, 0) is 115 Å². The largest absolute Gasteiger partial charge is 0.508 e. The molecule has 13 heteroatoms. The lowest BCUT2D eigenvalue weighted by atomic mass is 9.48. The van der Waals surface area contributed by atoms with E-state index in [4.69, 9.17) is 32.7 Å². The fourth-order valence-electron chi connectivity index (χ4n) is 10.3. The lowest BCUT2D eigenvalue weighted by Crippen LogP contribution is -2.55. The minimum Gasteiger partial charge on any atom is -0.508 e. The van der Waals surface area contributed by atoms with E-state index < -0.39 is 46.8 Å². The van der Waals surface area contributed by atoms with Crippen molar-refractivity contribution in [2.45, 2.75) is 24.7 Å². The minimum atomic E-state index is -1.55. The number of rotatable bonds is 8. The molecule has 2 saturated heterocycles. The molecule has 3 fully saturated rings. The van der Waals surface area contributed by atoms with Gasteiger partial charge in [0.05, 0.1) is 52.9 Å². The van der Waals surface area contributed by atoms with Gasteiger partial charge in [-0.25, -0.2) is 0 Å². The molecule has 2 aliphatic carbocycles. The maximum absolute atomic E-state index is 15.6. The van der Waals surface area contributed by atoms with E-state index in [0.29, 0.717) is 44.6 Å². The first kappa shape index (κ1) is 38.6. The average molecular weight is 854 g/mol. The van der Waals surface area contributed by atoms with Crippen molar-refractivity contribution in [2.24, 2.45) is 29.6 Å². The normalized spacial score (nSPS) is 25.1. The predicted molar refractivity (Wildman–Crippen MR) is 231 cm³/mol. The first-order chi connectivity index (χ1) is 29.6. The van der Waals surface area contributed by atoms with E-state index in [1.807, 2.05) is 60.7 Å². The number of hydrazine groups is 1. The fraction of sp³-hybridized carbons (Fsp3) is 0.208. The summed E-state index contributed by atoms with van der Waals surface area (Å²) in [4.78, 5) is 61.3. The van der Waals surface area contributed by atoms with E-state index in [0.717, 1.165) is 22.0 Å². The molecule has 3 N–H and O–H groups in total. The number of nitrogens with zero attached hydrogens (tertiary/aromatic N) is 2. The van der Waals surface area contributed by atoms with Gasteiger partial charge in [0, 0.05) is 34.3 Å². The van der Waals surface area contributed by atoms with Crippen LogP contribution in [0.3, 0.4) is 0 Å². The van der Waals surface area contributed by atoms with Crippen molar-refractivity contribution >= 4 is 69.6 Å². The van der Waals surface area contributed by atoms with E-state index in [9.17, 15) is 14.7 Å². The van der Waals surface area contributed by atoms with Crippen LogP contribution in [0, 0.1) is 29.6 Å². The molecule has 0 radical (unpaired) electrons. The van der Waals surface area contributed by atoms with Crippen LogP contribution >= 0.6 is 23.2 Å².